The molecule has 1 unspecified atom stereocenters. The molecule has 0 radical (unpaired) electrons. The van der Waals surface area contributed by atoms with Gasteiger partial charge in [-0.1, -0.05) is 33.1 Å². The first kappa shape index (κ1) is 15.4. The fourth-order valence-corrected chi connectivity index (χ4v) is 1.80. The quantitative estimate of drug-likeness (QED) is 0.649. The van der Waals surface area contributed by atoms with E-state index in [9.17, 15) is 4.79 Å². The number of carbonyl (C=O) groups excluding carboxylic acids is 1. The summed E-state index contributed by atoms with van der Waals surface area (Å²) in [4.78, 5) is 14.0. The molecule has 1 atom stereocenters. The summed E-state index contributed by atoms with van der Waals surface area (Å²) >= 11 is 0. The topological polar surface area (TPSA) is 46.3 Å². The predicted molar refractivity (Wildman–Crippen MR) is 69.3 cm³/mol. The van der Waals surface area contributed by atoms with Crippen LogP contribution in [0.5, 0.6) is 0 Å². The van der Waals surface area contributed by atoms with Crippen molar-refractivity contribution in [2.75, 3.05) is 6.54 Å². The van der Waals surface area contributed by atoms with E-state index < -0.39 is 0 Å². The minimum atomic E-state index is -0.311. The lowest BCUT2D eigenvalue weighted by Crippen LogP contribution is -2.47. The van der Waals surface area contributed by atoms with E-state index in [4.69, 9.17) is 5.73 Å². The smallest absolute Gasteiger partial charge is 0.239 e. The Hall–Kier alpha value is -0.570. The molecule has 0 aliphatic heterocycles. The summed E-state index contributed by atoms with van der Waals surface area (Å²) in [7, 11) is 0. The summed E-state index contributed by atoms with van der Waals surface area (Å²) in [6.45, 7) is 9.20. The molecule has 3 nitrogen and oxygen atoms in total. The first-order valence-corrected chi connectivity index (χ1v) is 6.60. The predicted octanol–water partition coefficient (Wildman–Crippen LogP) is 2.54. The number of amides is 1. The minimum Gasteiger partial charge on any atom is -0.339 e. The minimum absolute atomic E-state index is 0.118. The van der Waals surface area contributed by atoms with Gasteiger partial charge in [0.25, 0.3) is 0 Å². The molecule has 0 bridgehead atoms. The van der Waals surface area contributed by atoms with Gasteiger partial charge in [0.05, 0.1) is 6.04 Å². The van der Waals surface area contributed by atoms with Crippen molar-refractivity contribution < 1.29 is 4.79 Å². The van der Waals surface area contributed by atoms with Gasteiger partial charge in [-0.2, -0.15) is 0 Å². The molecule has 16 heavy (non-hydrogen) atoms. The fourth-order valence-electron chi connectivity index (χ4n) is 1.80. The molecule has 0 saturated carbocycles. The third kappa shape index (κ3) is 5.50. The van der Waals surface area contributed by atoms with Crippen molar-refractivity contribution in [3.8, 4) is 0 Å². The van der Waals surface area contributed by atoms with Crippen LogP contribution in [0.25, 0.3) is 0 Å². The van der Waals surface area contributed by atoms with Crippen LogP contribution in [0.2, 0.25) is 0 Å². The molecule has 0 aromatic heterocycles. The maximum atomic E-state index is 12.1. The van der Waals surface area contributed by atoms with Crippen LogP contribution in [0.15, 0.2) is 0 Å². The highest BCUT2D eigenvalue weighted by molar-refractivity contribution is 5.81. The average Bonchev–Trinajstić information content (AvgIpc) is 2.23. The van der Waals surface area contributed by atoms with E-state index in [1.807, 2.05) is 4.90 Å². The van der Waals surface area contributed by atoms with E-state index in [-0.39, 0.29) is 18.0 Å². The number of carbonyl (C=O) groups is 1. The Kier molecular flexibility index (Phi) is 8.26. The Balaban J connectivity index is 4.23. The Morgan fingerprint density at radius 1 is 1.19 bits per heavy atom. The molecule has 96 valence electrons. The van der Waals surface area contributed by atoms with E-state index in [0.717, 1.165) is 25.8 Å². The van der Waals surface area contributed by atoms with Crippen LogP contribution in [-0.2, 0) is 4.79 Å². The molecule has 0 aliphatic rings. The standard InChI is InChI=1S/C13H28N2O/c1-5-7-8-10-15(11(3)4)13(16)12(14)9-6-2/h11-12H,5-10,14H2,1-4H3. The molecule has 3 heteroatoms. The number of nitrogens with two attached hydrogens (primary N) is 1. The molecule has 0 aromatic carbocycles. The fraction of sp³-hybridized carbons (Fsp3) is 0.923. The SMILES string of the molecule is CCCCCN(C(=O)C(N)CCC)C(C)C. The maximum absolute atomic E-state index is 12.1. The van der Waals surface area contributed by atoms with Crippen LogP contribution in [0, 0.1) is 0 Å². The third-order valence-corrected chi connectivity index (χ3v) is 2.83. The van der Waals surface area contributed by atoms with Gasteiger partial charge in [0.2, 0.25) is 5.91 Å². The average molecular weight is 228 g/mol. The Morgan fingerprint density at radius 2 is 1.81 bits per heavy atom. The molecule has 1 amide bonds. The number of hydrogen-bond donors (Lipinski definition) is 1. The highest BCUT2D eigenvalue weighted by atomic mass is 16.2. The highest BCUT2D eigenvalue weighted by Gasteiger charge is 2.21. The van der Waals surface area contributed by atoms with Crippen molar-refractivity contribution in [1.82, 2.24) is 4.90 Å². The van der Waals surface area contributed by atoms with E-state index >= 15 is 0 Å². The van der Waals surface area contributed by atoms with Gasteiger partial charge in [0.1, 0.15) is 0 Å². The summed E-state index contributed by atoms with van der Waals surface area (Å²) in [6, 6.07) is -0.0544. The normalized spacial score (nSPS) is 12.9. The molecule has 0 spiro atoms. The zero-order chi connectivity index (χ0) is 12.6. The van der Waals surface area contributed by atoms with Gasteiger partial charge in [-0.3, -0.25) is 4.79 Å². The highest BCUT2D eigenvalue weighted by Crippen LogP contribution is 2.07. The first-order valence-electron chi connectivity index (χ1n) is 6.60. The van der Waals surface area contributed by atoms with E-state index in [1.54, 1.807) is 0 Å². The van der Waals surface area contributed by atoms with Gasteiger partial charge < -0.3 is 10.6 Å². The summed E-state index contributed by atoms with van der Waals surface area (Å²) in [5.74, 6) is 0.118. The van der Waals surface area contributed by atoms with E-state index in [2.05, 4.69) is 27.7 Å². The van der Waals surface area contributed by atoms with Crippen LogP contribution >= 0.6 is 0 Å². The second kappa shape index (κ2) is 8.57. The van der Waals surface area contributed by atoms with Crippen molar-refractivity contribution in [2.24, 2.45) is 5.73 Å². The van der Waals surface area contributed by atoms with Crippen LogP contribution < -0.4 is 5.73 Å². The molecule has 2 N–H and O–H groups in total. The van der Waals surface area contributed by atoms with Gasteiger partial charge in [-0.25, -0.2) is 0 Å². The monoisotopic (exact) mass is 228 g/mol. The molecule has 0 fully saturated rings. The summed E-state index contributed by atoms with van der Waals surface area (Å²) in [5.41, 5.74) is 5.88. The summed E-state index contributed by atoms with van der Waals surface area (Å²) < 4.78 is 0. The van der Waals surface area contributed by atoms with Crippen molar-refractivity contribution in [3.05, 3.63) is 0 Å². The molecule has 0 rings (SSSR count). The summed E-state index contributed by atoms with van der Waals surface area (Å²) in [6.07, 6.45) is 5.20. The number of nitrogens with zero attached hydrogens (tertiary/aromatic N) is 1. The molecular formula is C13H28N2O. The van der Waals surface area contributed by atoms with Crippen molar-refractivity contribution in [2.45, 2.75) is 71.9 Å². The second-order valence-electron chi connectivity index (χ2n) is 4.73. The number of rotatable bonds is 8. The van der Waals surface area contributed by atoms with Crippen molar-refractivity contribution >= 4 is 5.91 Å². The van der Waals surface area contributed by atoms with Gasteiger partial charge in [0, 0.05) is 12.6 Å². The number of unbranched alkanes of at least 4 members (excludes halogenated alkanes) is 2. The van der Waals surface area contributed by atoms with Gasteiger partial charge in [-0.15, -0.1) is 0 Å². The molecule has 0 saturated heterocycles. The molecular weight excluding hydrogens is 200 g/mol. The van der Waals surface area contributed by atoms with Gasteiger partial charge in [-0.05, 0) is 26.7 Å². The number of hydrogen-bond acceptors (Lipinski definition) is 2. The van der Waals surface area contributed by atoms with Gasteiger partial charge >= 0.3 is 0 Å². The maximum Gasteiger partial charge on any atom is 0.239 e. The lowest BCUT2D eigenvalue weighted by Gasteiger charge is -2.29. The Labute approximate surface area is 100 Å². The van der Waals surface area contributed by atoms with Crippen LogP contribution in [0.4, 0.5) is 0 Å². The zero-order valence-electron chi connectivity index (χ0n) is 11.3. The second-order valence-corrected chi connectivity index (χ2v) is 4.73. The lowest BCUT2D eigenvalue weighted by atomic mass is 10.1. The Morgan fingerprint density at radius 3 is 2.25 bits per heavy atom. The van der Waals surface area contributed by atoms with Crippen molar-refractivity contribution in [1.29, 1.82) is 0 Å². The lowest BCUT2D eigenvalue weighted by molar-refractivity contribution is -0.134. The zero-order valence-corrected chi connectivity index (χ0v) is 11.3. The van der Waals surface area contributed by atoms with Crippen molar-refractivity contribution in [3.63, 3.8) is 0 Å². The van der Waals surface area contributed by atoms with Gasteiger partial charge in [0.15, 0.2) is 0 Å². The third-order valence-electron chi connectivity index (χ3n) is 2.83. The Bertz CT molecular complexity index is 192. The van der Waals surface area contributed by atoms with Crippen LogP contribution in [-0.4, -0.2) is 29.4 Å². The molecule has 0 aromatic rings. The van der Waals surface area contributed by atoms with E-state index in [0.29, 0.717) is 0 Å². The largest absolute Gasteiger partial charge is 0.339 e. The summed E-state index contributed by atoms with van der Waals surface area (Å²) in [5, 5.41) is 0. The van der Waals surface area contributed by atoms with Crippen LogP contribution in [0.3, 0.4) is 0 Å². The van der Waals surface area contributed by atoms with E-state index in [1.165, 1.54) is 12.8 Å². The molecule has 0 aliphatic carbocycles. The molecule has 0 heterocycles. The first-order chi connectivity index (χ1) is 7.54. The van der Waals surface area contributed by atoms with Crippen LogP contribution in [0.1, 0.15) is 59.8 Å².